The number of carbonyl (C=O) groups excluding carboxylic acids is 3. The van der Waals surface area contributed by atoms with Crippen molar-refractivity contribution in [1.82, 2.24) is 5.06 Å². The second-order valence-electron chi connectivity index (χ2n) is 5.63. The van der Waals surface area contributed by atoms with Crippen molar-refractivity contribution < 1.29 is 33.4 Å². The van der Waals surface area contributed by atoms with Crippen LogP contribution < -0.4 is 0 Å². The molecule has 0 saturated carbocycles. The van der Waals surface area contributed by atoms with Gasteiger partial charge in [-0.25, -0.2) is 14.4 Å². The van der Waals surface area contributed by atoms with E-state index in [-0.39, 0.29) is 17.9 Å². The number of nitrogens with zero attached hydrogens (tertiary/aromatic N) is 1. The third kappa shape index (κ3) is 2.29. The molecule has 25 heavy (non-hydrogen) atoms. The van der Waals surface area contributed by atoms with Crippen LogP contribution in [0.25, 0.3) is 0 Å². The van der Waals surface area contributed by atoms with E-state index in [1.165, 1.54) is 5.06 Å². The minimum atomic E-state index is -1.74. The molecule has 0 radical (unpaired) electrons. The summed E-state index contributed by atoms with van der Waals surface area (Å²) in [5.41, 5.74) is -1.58. The first-order valence-electron chi connectivity index (χ1n) is 7.59. The van der Waals surface area contributed by atoms with Crippen molar-refractivity contribution in [3.8, 4) is 0 Å². The normalized spacial score (nSPS) is 25.7. The van der Waals surface area contributed by atoms with Crippen molar-refractivity contribution in [3.05, 3.63) is 47.2 Å². The zero-order valence-corrected chi connectivity index (χ0v) is 14.0. The highest BCUT2D eigenvalue weighted by atomic mass is 16.7. The van der Waals surface area contributed by atoms with E-state index in [1.807, 2.05) is 0 Å². The van der Waals surface area contributed by atoms with Crippen LogP contribution in [0, 0.1) is 0 Å². The van der Waals surface area contributed by atoms with E-state index in [9.17, 15) is 14.4 Å². The van der Waals surface area contributed by atoms with Crippen molar-refractivity contribution in [2.24, 2.45) is 0 Å². The first-order valence-corrected chi connectivity index (χ1v) is 7.59. The molecule has 132 valence electrons. The van der Waals surface area contributed by atoms with Gasteiger partial charge in [0.05, 0.1) is 20.3 Å². The number of cyclic esters (lactones) is 1. The summed E-state index contributed by atoms with van der Waals surface area (Å²) < 4.78 is 14.8. The van der Waals surface area contributed by atoms with Gasteiger partial charge in [-0.2, -0.15) is 0 Å². The molecule has 1 saturated heterocycles. The molecular formula is C17H17NO7. The summed E-state index contributed by atoms with van der Waals surface area (Å²) in [6.45, 7) is 1.80. The van der Waals surface area contributed by atoms with Crippen LogP contribution >= 0.6 is 0 Å². The van der Waals surface area contributed by atoms with E-state index in [1.54, 1.807) is 37.3 Å². The summed E-state index contributed by atoms with van der Waals surface area (Å²) in [6.07, 6.45) is 0. The number of benzene rings is 1. The zero-order chi connectivity index (χ0) is 18.2. The topological polar surface area (TPSA) is 91.4 Å². The summed E-state index contributed by atoms with van der Waals surface area (Å²) in [4.78, 5) is 43.2. The largest absolute Gasteiger partial charge is 0.465 e. The van der Waals surface area contributed by atoms with E-state index < -0.39 is 29.5 Å². The minimum Gasteiger partial charge on any atom is -0.465 e. The fourth-order valence-electron chi connectivity index (χ4n) is 3.11. The number of hydroxylamine groups is 2. The molecule has 2 heterocycles. The van der Waals surface area contributed by atoms with Gasteiger partial charge >= 0.3 is 17.9 Å². The number of hydrogen-bond donors (Lipinski definition) is 0. The van der Waals surface area contributed by atoms with E-state index in [2.05, 4.69) is 0 Å². The Hall–Kier alpha value is -2.87. The fraction of sp³-hybridized carbons (Fsp3) is 0.353. The average molecular weight is 347 g/mol. The maximum Gasteiger partial charge on any atom is 0.376 e. The molecule has 0 bridgehead atoms. The molecule has 2 aliphatic heterocycles. The molecule has 3 rings (SSSR count). The van der Waals surface area contributed by atoms with Crippen molar-refractivity contribution in [3.63, 3.8) is 0 Å². The Morgan fingerprint density at radius 2 is 1.80 bits per heavy atom. The van der Waals surface area contributed by atoms with Gasteiger partial charge in [0.15, 0.2) is 0 Å². The Kier molecular flexibility index (Phi) is 4.22. The number of morpholine rings is 1. The lowest BCUT2D eigenvalue weighted by Crippen LogP contribution is -2.60. The van der Waals surface area contributed by atoms with Gasteiger partial charge < -0.3 is 19.0 Å². The standard InChI is InChI=1S/C17H17NO7/c1-10-9-24-16(21)17(11-7-5-4-6-8-11)12(14(19)22-2)13(15(20)23-3)25-18(10)17/h4-8,10H,9H2,1-3H3/t10-,17+/m0/s1. The fourth-order valence-corrected chi connectivity index (χ4v) is 3.11. The summed E-state index contributed by atoms with van der Waals surface area (Å²) >= 11 is 0. The Balaban J connectivity index is 2.34. The molecule has 1 aromatic rings. The van der Waals surface area contributed by atoms with E-state index in [4.69, 9.17) is 19.0 Å². The first kappa shape index (κ1) is 17.0. The predicted molar refractivity (Wildman–Crippen MR) is 82.5 cm³/mol. The van der Waals surface area contributed by atoms with Crippen LogP contribution in [0.2, 0.25) is 0 Å². The average Bonchev–Trinajstić information content (AvgIpc) is 3.02. The molecule has 0 spiro atoms. The molecule has 1 aromatic carbocycles. The van der Waals surface area contributed by atoms with Crippen LogP contribution in [0.1, 0.15) is 12.5 Å². The lowest BCUT2D eigenvalue weighted by molar-refractivity contribution is -0.235. The van der Waals surface area contributed by atoms with Gasteiger partial charge in [0, 0.05) is 0 Å². The molecule has 8 nitrogen and oxygen atoms in total. The van der Waals surface area contributed by atoms with Gasteiger partial charge in [0.25, 0.3) is 0 Å². The van der Waals surface area contributed by atoms with Crippen LogP contribution in [0.5, 0.6) is 0 Å². The van der Waals surface area contributed by atoms with Gasteiger partial charge in [-0.15, -0.1) is 5.06 Å². The van der Waals surface area contributed by atoms with Crippen molar-refractivity contribution in [2.75, 3.05) is 20.8 Å². The predicted octanol–water partition coefficient (Wildman–Crippen LogP) is 0.674. The van der Waals surface area contributed by atoms with Gasteiger partial charge in [-0.05, 0) is 12.5 Å². The van der Waals surface area contributed by atoms with Crippen LogP contribution in [0.15, 0.2) is 41.7 Å². The van der Waals surface area contributed by atoms with Crippen LogP contribution in [-0.4, -0.2) is 49.8 Å². The Morgan fingerprint density at radius 1 is 1.16 bits per heavy atom. The quantitative estimate of drug-likeness (QED) is 0.582. The maximum atomic E-state index is 12.9. The highest BCUT2D eigenvalue weighted by Gasteiger charge is 2.65. The van der Waals surface area contributed by atoms with E-state index in [0.717, 1.165) is 14.2 Å². The van der Waals surface area contributed by atoms with Gasteiger partial charge in [-0.3, -0.25) is 0 Å². The number of methoxy groups -OCH3 is 2. The summed E-state index contributed by atoms with van der Waals surface area (Å²) in [5.74, 6) is -2.87. The number of esters is 3. The Bertz CT molecular complexity index is 758. The molecule has 2 atom stereocenters. The SMILES string of the molecule is COC(=O)C1=C(C(=O)OC)[C@]2(c3ccccc3)C(=O)OC[C@H](C)N2O1. The molecule has 0 N–H and O–H groups in total. The number of hydrogen-bond acceptors (Lipinski definition) is 8. The highest BCUT2D eigenvalue weighted by molar-refractivity contribution is 6.08. The lowest BCUT2D eigenvalue weighted by atomic mass is 9.80. The smallest absolute Gasteiger partial charge is 0.376 e. The Labute approximate surface area is 143 Å². The number of carbonyl (C=O) groups is 3. The van der Waals surface area contributed by atoms with Gasteiger partial charge in [0.1, 0.15) is 12.2 Å². The first-order chi connectivity index (χ1) is 12.0. The van der Waals surface area contributed by atoms with Crippen LogP contribution in [0.3, 0.4) is 0 Å². The van der Waals surface area contributed by atoms with Crippen LogP contribution in [0.4, 0.5) is 0 Å². The minimum absolute atomic E-state index is 0.0519. The number of ether oxygens (including phenoxy) is 3. The third-order valence-electron chi connectivity index (χ3n) is 4.21. The maximum absolute atomic E-state index is 12.9. The second-order valence-corrected chi connectivity index (χ2v) is 5.63. The van der Waals surface area contributed by atoms with E-state index >= 15 is 0 Å². The summed E-state index contributed by atoms with van der Waals surface area (Å²) in [5, 5.41) is 1.30. The molecule has 0 aliphatic carbocycles. The molecule has 0 unspecified atom stereocenters. The number of fused-ring (bicyclic) bond motifs is 1. The third-order valence-corrected chi connectivity index (χ3v) is 4.21. The highest BCUT2D eigenvalue weighted by Crippen LogP contribution is 2.48. The number of rotatable bonds is 3. The molecule has 0 aromatic heterocycles. The lowest BCUT2D eigenvalue weighted by Gasteiger charge is -2.42. The van der Waals surface area contributed by atoms with E-state index in [0.29, 0.717) is 5.56 Å². The van der Waals surface area contributed by atoms with Crippen molar-refractivity contribution in [1.29, 1.82) is 0 Å². The molecule has 1 fully saturated rings. The monoisotopic (exact) mass is 347 g/mol. The van der Waals surface area contributed by atoms with Crippen molar-refractivity contribution in [2.45, 2.75) is 18.5 Å². The van der Waals surface area contributed by atoms with Gasteiger partial charge in [-0.1, -0.05) is 30.3 Å². The summed E-state index contributed by atoms with van der Waals surface area (Å²) in [7, 11) is 2.31. The molecule has 0 amide bonds. The molecular weight excluding hydrogens is 330 g/mol. The zero-order valence-electron chi connectivity index (χ0n) is 14.0. The second kappa shape index (κ2) is 6.21. The van der Waals surface area contributed by atoms with Gasteiger partial charge in [0.2, 0.25) is 11.3 Å². The van der Waals surface area contributed by atoms with Crippen molar-refractivity contribution >= 4 is 17.9 Å². The molecule has 2 aliphatic rings. The van der Waals surface area contributed by atoms with Crippen LogP contribution in [-0.2, 0) is 39.0 Å². The Morgan fingerprint density at radius 3 is 2.40 bits per heavy atom. The summed E-state index contributed by atoms with van der Waals surface area (Å²) in [6, 6.07) is 8.07. The molecule has 8 heteroatoms.